The Hall–Kier alpha value is -1.79. The molecule has 0 bridgehead atoms. The van der Waals surface area contributed by atoms with E-state index in [0.29, 0.717) is 18.0 Å². The quantitative estimate of drug-likeness (QED) is 0.890. The van der Waals surface area contributed by atoms with Crippen molar-refractivity contribution < 1.29 is 12.8 Å². The molecule has 0 saturated carbocycles. The van der Waals surface area contributed by atoms with Gasteiger partial charge in [0.05, 0.1) is 12.2 Å². The highest BCUT2D eigenvalue weighted by Gasteiger charge is 2.25. The standard InChI is InChI=1S/C15H20N2O3S/c1-4-12-5-7-13(8-6-12)17(3)21(18,19)15-10-9-14(20-15)11-16-2/h5-10,16H,4,11H2,1-3H3. The average molecular weight is 308 g/mol. The fraction of sp³-hybridized carbons (Fsp3) is 0.333. The maximum Gasteiger partial charge on any atom is 0.297 e. The molecule has 0 atom stereocenters. The van der Waals surface area contributed by atoms with Gasteiger partial charge in [-0.1, -0.05) is 19.1 Å². The third-order valence-corrected chi connectivity index (χ3v) is 4.97. The summed E-state index contributed by atoms with van der Waals surface area (Å²) >= 11 is 0. The number of nitrogens with zero attached hydrogens (tertiary/aromatic N) is 1. The van der Waals surface area contributed by atoms with Crippen molar-refractivity contribution in [1.29, 1.82) is 0 Å². The minimum atomic E-state index is -3.67. The summed E-state index contributed by atoms with van der Waals surface area (Å²) in [5.41, 5.74) is 1.78. The Balaban J connectivity index is 2.28. The lowest BCUT2D eigenvalue weighted by atomic mass is 10.1. The Labute approximate surface area is 125 Å². The third-order valence-electron chi connectivity index (χ3n) is 3.31. The van der Waals surface area contributed by atoms with Crippen LogP contribution in [0.3, 0.4) is 0 Å². The molecule has 1 N–H and O–H groups in total. The van der Waals surface area contributed by atoms with Gasteiger partial charge in [0.1, 0.15) is 5.76 Å². The predicted molar refractivity (Wildman–Crippen MR) is 82.9 cm³/mol. The van der Waals surface area contributed by atoms with Gasteiger partial charge in [-0.05, 0) is 43.3 Å². The lowest BCUT2D eigenvalue weighted by Gasteiger charge is -2.18. The molecule has 0 spiro atoms. The lowest BCUT2D eigenvalue weighted by Crippen LogP contribution is -2.26. The Kier molecular flexibility index (Phi) is 4.69. The molecule has 5 nitrogen and oxygen atoms in total. The molecule has 1 aromatic heterocycles. The summed E-state index contributed by atoms with van der Waals surface area (Å²) in [7, 11) is -0.370. The number of rotatable bonds is 6. The van der Waals surface area contributed by atoms with Gasteiger partial charge >= 0.3 is 0 Å². The van der Waals surface area contributed by atoms with Gasteiger partial charge in [0.25, 0.3) is 10.0 Å². The first-order valence-electron chi connectivity index (χ1n) is 6.80. The fourth-order valence-corrected chi connectivity index (χ4v) is 3.10. The van der Waals surface area contributed by atoms with Crippen molar-refractivity contribution >= 4 is 15.7 Å². The second-order valence-corrected chi connectivity index (χ2v) is 6.64. The van der Waals surface area contributed by atoms with Crippen molar-refractivity contribution in [1.82, 2.24) is 5.32 Å². The summed E-state index contributed by atoms with van der Waals surface area (Å²) in [5.74, 6) is 0.589. The van der Waals surface area contributed by atoms with Crippen LogP contribution in [0.1, 0.15) is 18.2 Å². The maximum absolute atomic E-state index is 12.5. The van der Waals surface area contributed by atoms with E-state index in [1.54, 1.807) is 25.2 Å². The van der Waals surface area contributed by atoms with Crippen LogP contribution in [-0.4, -0.2) is 22.5 Å². The zero-order chi connectivity index (χ0) is 15.5. The Morgan fingerprint density at radius 1 is 1.14 bits per heavy atom. The van der Waals surface area contributed by atoms with E-state index >= 15 is 0 Å². The second kappa shape index (κ2) is 6.32. The van der Waals surface area contributed by atoms with Gasteiger partial charge in [-0.2, -0.15) is 8.42 Å². The summed E-state index contributed by atoms with van der Waals surface area (Å²) < 4.78 is 31.6. The monoisotopic (exact) mass is 308 g/mol. The molecule has 0 aliphatic heterocycles. The number of hydrogen-bond donors (Lipinski definition) is 1. The van der Waals surface area contributed by atoms with E-state index in [2.05, 4.69) is 12.2 Å². The number of hydrogen-bond acceptors (Lipinski definition) is 4. The van der Waals surface area contributed by atoms with Crippen molar-refractivity contribution in [2.45, 2.75) is 25.0 Å². The van der Waals surface area contributed by atoms with Crippen molar-refractivity contribution in [3.8, 4) is 0 Å². The summed E-state index contributed by atoms with van der Waals surface area (Å²) in [4.78, 5) is 0. The van der Waals surface area contributed by atoms with Crippen molar-refractivity contribution in [2.75, 3.05) is 18.4 Å². The highest BCUT2D eigenvalue weighted by atomic mass is 32.2. The topological polar surface area (TPSA) is 62.6 Å². The van der Waals surface area contributed by atoms with Gasteiger partial charge in [-0.25, -0.2) is 0 Å². The van der Waals surface area contributed by atoms with E-state index in [9.17, 15) is 8.42 Å². The highest BCUT2D eigenvalue weighted by Crippen LogP contribution is 2.24. The van der Waals surface area contributed by atoms with Crippen molar-refractivity contribution in [3.63, 3.8) is 0 Å². The Bertz CT molecular complexity index is 690. The molecular formula is C15H20N2O3S. The van der Waals surface area contributed by atoms with Crippen LogP contribution in [0.4, 0.5) is 5.69 Å². The van der Waals surface area contributed by atoms with E-state index in [4.69, 9.17) is 4.42 Å². The number of furan rings is 1. The lowest BCUT2D eigenvalue weighted by molar-refractivity contribution is 0.407. The van der Waals surface area contributed by atoms with Gasteiger partial charge in [0.2, 0.25) is 5.09 Å². The average Bonchev–Trinajstić information content (AvgIpc) is 2.96. The Morgan fingerprint density at radius 3 is 2.38 bits per heavy atom. The molecule has 0 fully saturated rings. The van der Waals surface area contributed by atoms with Crippen LogP contribution in [0.15, 0.2) is 45.9 Å². The number of anilines is 1. The van der Waals surface area contributed by atoms with Crippen LogP contribution in [0.2, 0.25) is 0 Å². The minimum Gasteiger partial charge on any atom is -0.446 e. The van der Waals surface area contributed by atoms with Gasteiger partial charge < -0.3 is 9.73 Å². The van der Waals surface area contributed by atoms with Crippen molar-refractivity contribution in [3.05, 3.63) is 47.7 Å². The number of nitrogens with one attached hydrogen (secondary N) is 1. The van der Waals surface area contributed by atoms with Crippen LogP contribution in [-0.2, 0) is 23.0 Å². The SMILES string of the molecule is CCc1ccc(N(C)S(=O)(=O)c2ccc(CNC)o2)cc1. The molecule has 0 saturated heterocycles. The van der Waals surface area contributed by atoms with Gasteiger partial charge in [0, 0.05) is 7.05 Å². The summed E-state index contributed by atoms with van der Waals surface area (Å²) in [6, 6.07) is 10.6. The first kappa shape index (κ1) is 15.6. The van der Waals surface area contributed by atoms with Gasteiger partial charge in [0.15, 0.2) is 0 Å². The highest BCUT2D eigenvalue weighted by molar-refractivity contribution is 7.92. The molecule has 0 aliphatic rings. The molecule has 0 amide bonds. The van der Waals surface area contributed by atoms with E-state index in [1.165, 1.54) is 23.0 Å². The van der Waals surface area contributed by atoms with E-state index in [-0.39, 0.29) is 5.09 Å². The minimum absolute atomic E-state index is 0.0465. The van der Waals surface area contributed by atoms with E-state index < -0.39 is 10.0 Å². The molecule has 114 valence electrons. The normalized spacial score (nSPS) is 11.6. The molecule has 21 heavy (non-hydrogen) atoms. The van der Waals surface area contributed by atoms with Crippen LogP contribution >= 0.6 is 0 Å². The Morgan fingerprint density at radius 2 is 1.81 bits per heavy atom. The third kappa shape index (κ3) is 3.28. The van der Waals surface area contributed by atoms with Crippen LogP contribution in [0, 0.1) is 0 Å². The van der Waals surface area contributed by atoms with Crippen molar-refractivity contribution in [2.24, 2.45) is 0 Å². The first-order chi connectivity index (χ1) is 9.98. The molecule has 1 aromatic carbocycles. The molecule has 0 aliphatic carbocycles. The fourth-order valence-electron chi connectivity index (χ4n) is 1.98. The molecule has 2 aromatic rings. The van der Waals surface area contributed by atoms with E-state index in [1.807, 2.05) is 12.1 Å². The smallest absolute Gasteiger partial charge is 0.297 e. The van der Waals surface area contributed by atoms with Gasteiger partial charge in [-0.3, -0.25) is 4.31 Å². The van der Waals surface area contributed by atoms with Crippen LogP contribution in [0.5, 0.6) is 0 Å². The number of sulfonamides is 1. The van der Waals surface area contributed by atoms with E-state index in [0.717, 1.165) is 6.42 Å². The van der Waals surface area contributed by atoms with Crippen LogP contribution in [0.25, 0.3) is 0 Å². The molecule has 2 rings (SSSR count). The first-order valence-corrected chi connectivity index (χ1v) is 8.24. The number of aryl methyl sites for hydroxylation is 1. The predicted octanol–water partition coefficient (Wildman–Crippen LogP) is 2.39. The summed E-state index contributed by atoms with van der Waals surface area (Å²) in [6.45, 7) is 2.55. The molecule has 1 heterocycles. The molecular weight excluding hydrogens is 288 g/mol. The zero-order valence-corrected chi connectivity index (χ0v) is 13.3. The molecule has 0 unspecified atom stereocenters. The molecule has 6 heteroatoms. The zero-order valence-electron chi connectivity index (χ0n) is 12.5. The molecule has 0 radical (unpaired) electrons. The summed E-state index contributed by atoms with van der Waals surface area (Å²) in [6.07, 6.45) is 0.919. The second-order valence-electron chi connectivity index (χ2n) is 4.74. The number of benzene rings is 1. The van der Waals surface area contributed by atoms with Gasteiger partial charge in [-0.15, -0.1) is 0 Å². The van der Waals surface area contributed by atoms with Crippen LogP contribution < -0.4 is 9.62 Å². The largest absolute Gasteiger partial charge is 0.446 e. The summed E-state index contributed by atoms with van der Waals surface area (Å²) in [5, 5.41) is 2.87. The maximum atomic E-state index is 12.5.